The van der Waals surface area contributed by atoms with Crippen LogP contribution in [0.4, 0.5) is 0 Å². The predicted octanol–water partition coefficient (Wildman–Crippen LogP) is 2.06. The van der Waals surface area contributed by atoms with Crippen molar-refractivity contribution in [3.63, 3.8) is 0 Å². The van der Waals surface area contributed by atoms with Crippen molar-refractivity contribution in [1.29, 1.82) is 0 Å². The molecule has 1 amide bonds. The second-order valence-electron chi connectivity index (χ2n) is 4.01. The number of benzene rings is 1. The molecule has 4 nitrogen and oxygen atoms in total. The van der Waals surface area contributed by atoms with Crippen molar-refractivity contribution in [1.82, 2.24) is 4.90 Å². The second-order valence-corrected chi connectivity index (χ2v) is 5.78. The number of amides is 1. The topological polar surface area (TPSA) is 55.6 Å². The fourth-order valence-corrected chi connectivity index (χ4v) is 1.99. The molecule has 0 heterocycles. The summed E-state index contributed by atoms with van der Waals surface area (Å²) in [7, 11) is 1.61. The summed E-state index contributed by atoms with van der Waals surface area (Å²) in [6, 6.07) is 7.47. The lowest BCUT2D eigenvalue weighted by Crippen LogP contribution is -2.36. The number of methoxy groups -OCH3 is 1. The van der Waals surface area contributed by atoms with Crippen molar-refractivity contribution in [3.05, 3.63) is 33.4 Å². The fraction of sp³-hybridized carbons (Fsp3) is 0.385. The van der Waals surface area contributed by atoms with Gasteiger partial charge in [-0.2, -0.15) is 0 Å². The number of rotatable bonds is 7. The molecular formula is C13H17IN2O2S. The average molecular weight is 392 g/mol. The van der Waals surface area contributed by atoms with Gasteiger partial charge in [-0.25, -0.2) is 0 Å². The zero-order chi connectivity index (χ0) is 14.3. The summed E-state index contributed by atoms with van der Waals surface area (Å²) >= 11 is 7.06. The van der Waals surface area contributed by atoms with Gasteiger partial charge in [0.2, 0.25) is 0 Å². The third-order valence-electron chi connectivity index (χ3n) is 2.57. The molecule has 6 heteroatoms. The molecule has 0 aliphatic carbocycles. The lowest BCUT2D eigenvalue weighted by atomic mass is 10.2. The van der Waals surface area contributed by atoms with Crippen LogP contribution in [0.25, 0.3) is 0 Å². The van der Waals surface area contributed by atoms with Crippen molar-refractivity contribution in [2.45, 2.75) is 6.42 Å². The average Bonchev–Trinajstić information content (AvgIpc) is 2.39. The standard InChI is InChI=1S/C13H17IN2O2S/c1-18-9-8-16(7-6-12(15)19)13(17)10-2-4-11(14)5-3-10/h2-5H,6-9H2,1H3,(H2,15,19). The summed E-state index contributed by atoms with van der Waals surface area (Å²) in [5.74, 6) is -0.0234. The Balaban J connectivity index is 2.74. The van der Waals surface area contributed by atoms with Gasteiger partial charge in [-0.3, -0.25) is 4.79 Å². The van der Waals surface area contributed by atoms with E-state index < -0.39 is 0 Å². The van der Waals surface area contributed by atoms with E-state index in [1.807, 2.05) is 24.3 Å². The highest BCUT2D eigenvalue weighted by atomic mass is 127. The van der Waals surface area contributed by atoms with Crippen LogP contribution in [0.5, 0.6) is 0 Å². The van der Waals surface area contributed by atoms with Crippen LogP contribution in [0.15, 0.2) is 24.3 Å². The number of carbonyl (C=O) groups is 1. The number of carbonyl (C=O) groups excluding carboxylic acids is 1. The van der Waals surface area contributed by atoms with Crippen LogP contribution in [0, 0.1) is 3.57 Å². The maximum absolute atomic E-state index is 12.4. The normalized spacial score (nSPS) is 10.2. The van der Waals surface area contributed by atoms with Crippen LogP contribution in [0.1, 0.15) is 16.8 Å². The Morgan fingerprint density at radius 2 is 2.00 bits per heavy atom. The van der Waals surface area contributed by atoms with Gasteiger partial charge < -0.3 is 15.4 Å². The highest BCUT2D eigenvalue weighted by molar-refractivity contribution is 14.1. The molecule has 0 unspecified atom stereocenters. The molecule has 0 aliphatic rings. The Morgan fingerprint density at radius 3 is 2.53 bits per heavy atom. The van der Waals surface area contributed by atoms with E-state index >= 15 is 0 Å². The summed E-state index contributed by atoms with van der Waals surface area (Å²) < 4.78 is 6.12. The fourth-order valence-electron chi connectivity index (χ4n) is 1.54. The summed E-state index contributed by atoms with van der Waals surface area (Å²) in [5.41, 5.74) is 6.16. The molecule has 1 aromatic rings. The van der Waals surface area contributed by atoms with Gasteiger partial charge in [-0.05, 0) is 46.9 Å². The predicted molar refractivity (Wildman–Crippen MR) is 88.3 cm³/mol. The molecule has 0 saturated heterocycles. The number of hydrogen-bond donors (Lipinski definition) is 1. The largest absolute Gasteiger partial charge is 0.393 e. The molecule has 0 radical (unpaired) electrons. The quantitative estimate of drug-likeness (QED) is 0.570. The molecule has 0 aliphatic heterocycles. The van der Waals surface area contributed by atoms with Crippen LogP contribution >= 0.6 is 34.8 Å². The molecule has 0 fully saturated rings. The second kappa shape index (κ2) is 8.44. The maximum atomic E-state index is 12.4. The van der Waals surface area contributed by atoms with Crippen LogP contribution in [0.3, 0.4) is 0 Å². The van der Waals surface area contributed by atoms with Crippen LogP contribution in [-0.2, 0) is 4.74 Å². The van der Waals surface area contributed by atoms with Crippen LogP contribution in [0.2, 0.25) is 0 Å². The van der Waals surface area contributed by atoms with E-state index in [0.29, 0.717) is 36.7 Å². The lowest BCUT2D eigenvalue weighted by Gasteiger charge is -2.22. The first-order valence-corrected chi connectivity index (χ1v) is 7.35. The molecular weight excluding hydrogens is 375 g/mol. The minimum Gasteiger partial charge on any atom is -0.393 e. The van der Waals surface area contributed by atoms with Crippen molar-refractivity contribution < 1.29 is 9.53 Å². The molecule has 2 N–H and O–H groups in total. The first-order chi connectivity index (χ1) is 9.04. The minimum atomic E-state index is -0.0234. The number of nitrogens with zero attached hydrogens (tertiary/aromatic N) is 1. The molecule has 0 aromatic heterocycles. The van der Waals surface area contributed by atoms with Crippen molar-refractivity contribution >= 4 is 45.7 Å². The molecule has 0 bridgehead atoms. The lowest BCUT2D eigenvalue weighted by molar-refractivity contribution is 0.0701. The SMILES string of the molecule is COCCN(CCC(N)=S)C(=O)c1ccc(I)cc1. The number of halogens is 1. The van der Waals surface area contributed by atoms with Gasteiger partial charge in [-0.15, -0.1) is 0 Å². The first-order valence-electron chi connectivity index (χ1n) is 5.86. The minimum absolute atomic E-state index is 0.0234. The molecule has 0 spiro atoms. The Labute approximate surface area is 132 Å². The zero-order valence-electron chi connectivity index (χ0n) is 10.8. The Kier molecular flexibility index (Phi) is 7.25. The van der Waals surface area contributed by atoms with E-state index in [1.54, 1.807) is 12.0 Å². The van der Waals surface area contributed by atoms with E-state index in [1.165, 1.54) is 0 Å². The van der Waals surface area contributed by atoms with E-state index in [4.69, 9.17) is 22.7 Å². The summed E-state index contributed by atoms with van der Waals surface area (Å²) in [6.45, 7) is 1.54. The van der Waals surface area contributed by atoms with Gasteiger partial charge in [0.15, 0.2) is 0 Å². The van der Waals surface area contributed by atoms with E-state index in [2.05, 4.69) is 22.6 Å². The van der Waals surface area contributed by atoms with Crippen LogP contribution < -0.4 is 5.73 Å². The smallest absolute Gasteiger partial charge is 0.253 e. The number of nitrogens with two attached hydrogens (primary N) is 1. The molecule has 0 atom stereocenters. The molecule has 19 heavy (non-hydrogen) atoms. The van der Waals surface area contributed by atoms with Crippen LogP contribution in [-0.4, -0.2) is 42.6 Å². The van der Waals surface area contributed by atoms with Gasteiger partial charge in [-0.1, -0.05) is 12.2 Å². The number of ether oxygens (including phenoxy) is 1. The number of thiocarbonyl (C=S) groups is 1. The van der Waals surface area contributed by atoms with Gasteiger partial charge in [0.25, 0.3) is 5.91 Å². The van der Waals surface area contributed by atoms with Gasteiger partial charge in [0.1, 0.15) is 0 Å². The van der Waals surface area contributed by atoms with E-state index in [-0.39, 0.29) is 5.91 Å². The number of hydrogen-bond acceptors (Lipinski definition) is 3. The van der Waals surface area contributed by atoms with Gasteiger partial charge in [0, 0.05) is 35.8 Å². The van der Waals surface area contributed by atoms with Gasteiger partial charge in [0.05, 0.1) is 11.6 Å². The molecule has 104 valence electrons. The zero-order valence-corrected chi connectivity index (χ0v) is 13.7. The molecule has 1 aromatic carbocycles. The summed E-state index contributed by atoms with van der Waals surface area (Å²) in [6.07, 6.45) is 0.523. The Morgan fingerprint density at radius 1 is 1.37 bits per heavy atom. The highest BCUT2D eigenvalue weighted by Gasteiger charge is 2.15. The molecule has 0 saturated carbocycles. The third-order valence-corrected chi connectivity index (χ3v) is 3.50. The third kappa shape index (κ3) is 5.84. The highest BCUT2D eigenvalue weighted by Crippen LogP contribution is 2.10. The first kappa shape index (κ1) is 16.3. The van der Waals surface area contributed by atoms with Crippen molar-refractivity contribution in [2.24, 2.45) is 5.73 Å². The Hall–Kier alpha value is -0.730. The monoisotopic (exact) mass is 392 g/mol. The Bertz CT molecular complexity index is 437. The van der Waals surface area contributed by atoms with E-state index in [0.717, 1.165) is 3.57 Å². The van der Waals surface area contributed by atoms with E-state index in [9.17, 15) is 4.79 Å². The summed E-state index contributed by atoms with van der Waals surface area (Å²) in [5, 5.41) is 0. The summed E-state index contributed by atoms with van der Waals surface area (Å²) in [4.78, 5) is 14.5. The van der Waals surface area contributed by atoms with Crippen molar-refractivity contribution in [3.8, 4) is 0 Å². The maximum Gasteiger partial charge on any atom is 0.253 e. The van der Waals surface area contributed by atoms with Crippen molar-refractivity contribution in [2.75, 3.05) is 26.8 Å². The molecule has 1 rings (SSSR count). The van der Waals surface area contributed by atoms with Gasteiger partial charge >= 0.3 is 0 Å².